The second-order valence-electron chi connectivity index (χ2n) is 6.37. The summed E-state index contributed by atoms with van der Waals surface area (Å²) in [4.78, 5) is 41.6. The van der Waals surface area contributed by atoms with Crippen molar-refractivity contribution in [3.8, 4) is 10.6 Å². The van der Waals surface area contributed by atoms with Crippen LogP contribution in [0.4, 0.5) is 5.00 Å². The number of amides is 1. The molecule has 0 atom stereocenters. The summed E-state index contributed by atoms with van der Waals surface area (Å²) < 4.78 is 9.84. The molecule has 2 aromatic heterocycles. The number of aromatic nitrogens is 1. The number of anilines is 1. The molecule has 0 aliphatic heterocycles. The second kappa shape index (κ2) is 9.64. The molecular formula is C21H20N2O5S2. The minimum atomic E-state index is -0.554. The number of carbonyl (C=O) groups is 3. The fourth-order valence-electron chi connectivity index (χ4n) is 2.67. The standard InChI is InChI=1S/C21H20N2O5S2/c1-12-13(2)30-20(18(12)21(26)27-3)23-16(24)10-28-17(25)9-15-11-29-19(22-15)14-7-5-4-6-8-14/h4-8,11H,9-10H2,1-3H3,(H,23,24). The Balaban J connectivity index is 1.54. The average molecular weight is 445 g/mol. The lowest BCUT2D eigenvalue weighted by molar-refractivity contribution is -0.146. The van der Waals surface area contributed by atoms with Gasteiger partial charge in [0.15, 0.2) is 6.61 Å². The highest BCUT2D eigenvalue weighted by Gasteiger charge is 2.22. The fraction of sp³-hybridized carbons (Fsp3) is 0.238. The van der Waals surface area contributed by atoms with Crippen molar-refractivity contribution in [2.75, 3.05) is 19.0 Å². The molecule has 0 unspecified atom stereocenters. The maximum absolute atomic E-state index is 12.2. The molecular weight excluding hydrogens is 424 g/mol. The molecule has 7 nitrogen and oxygen atoms in total. The minimum Gasteiger partial charge on any atom is -0.465 e. The van der Waals surface area contributed by atoms with E-state index in [0.717, 1.165) is 21.0 Å². The fourth-order valence-corrected chi connectivity index (χ4v) is 4.56. The Morgan fingerprint density at radius 2 is 1.87 bits per heavy atom. The van der Waals surface area contributed by atoms with Crippen LogP contribution in [-0.4, -0.2) is 36.5 Å². The molecule has 0 saturated heterocycles. The Bertz CT molecular complexity index is 1070. The third-order valence-electron chi connectivity index (χ3n) is 4.29. The van der Waals surface area contributed by atoms with E-state index in [1.165, 1.54) is 29.8 Å². The Labute approximate surface area is 181 Å². The average Bonchev–Trinajstić information content (AvgIpc) is 3.31. The molecule has 0 aliphatic rings. The lowest BCUT2D eigenvalue weighted by Crippen LogP contribution is -2.22. The summed E-state index contributed by atoms with van der Waals surface area (Å²) in [5, 5.41) is 5.61. The maximum Gasteiger partial charge on any atom is 0.341 e. The third-order valence-corrected chi connectivity index (χ3v) is 6.35. The number of thiophene rings is 1. The molecule has 3 rings (SSSR count). The molecule has 0 radical (unpaired) electrons. The van der Waals surface area contributed by atoms with Crippen LogP contribution in [-0.2, 0) is 25.5 Å². The lowest BCUT2D eigenvalue weighted by Gasteiger charge is -2.07. The number of carbonyl (C=O) groups excluding carboxylic acids is 3. The van der Waals surface area contributed by atoms with Gasteiger partial charge in [0.05, 0.1) is 24.8 Å². The van der Waals surface area contributed by atoms with Gasteiger partial charge >= 0.3 is 11.9 Å². The molecule has 30 heavy (non-hydrogen) atoms. The van der Waals surface area contributed by atoms with Gasteiger partial charge in [-0.1, -0.05) is 30.3 Å². The zero-order valence-corrected chi connectivity index (χ0v) is 18.3. The van der Waals surface area contributed by atoms with E-state index in [9.17, 15) is 14.4 Å². The highest BCUT2D eigenvalue weighted by atomic mass is 32.1. The van der Waals surface area contributed by atoms with Crippen LogP contribution in [0.5, 0.6) is 0 Å². The topological polar surface area (TPSA) is 94.6 Å². The van der Waals surface area contributed by atoms with Crippen molar-refractivity contribution in [3.05, 3.63) is 57.4 Å². The molecule has 156 valence electrons. The van der Waals surface area contributed by atoms with E-state index in [1.807, 2.05) is 37.3 Å². The van der Waals surface area contributed by atoms with Gasteiger partial charge in [-0.3, -0.25) is 9.59 Å². The molecule has 0 saturated carbocycles. The summed E-state index contributed by atoms with van der Waals surface area (Å²) >= 11 is 2.71. The summed E-state index contributed by atoms with van der Waals surface area (Å²) in [5.74, 6) is -1.61. The highest BCUT2D eigenvalue weighted by molar-refractivity contribution is 7.16. The summed E-state index contributed by atoms with van der Waals surface area (Å²) in [5.41, 5.74) is 2.62. The summed E-state index contributed by atoms with van der Waals surface area (Å²) in [7, 11) is 1.28. The Kier molecular flexibility index (Phi) is 6.96. The molecule has 0 bridgehead atoms. The first kappa shape index (κ1) is 21.7. The van der Waals surface area contributed by atoms with Gasteiger partial charge in [-0.25, -0.2) is 9.78 Å². The van der Waals surface area contributed by atoms with Gasteiger partial charge < -0.3 is 14.8 Å². The molecule has 2 heterocycles. The van der Waals surface area contributed by atoms with Crippen molar-refractivity contribution in [1.29, 1.82) is 0 Å². The maximum atomic E-state index is 12.2. The highest BCUT2D eigenvalue weighted by Crippen LogP contribution is 2.32. The van der Waals surface area contributed by atoms with Crippen molar-refractivity contribution in [2.45, 2.75) is 20.3 Å². The number of ether oxygens (including phenoxy) is 2. The van der Waals surface area contributed by atoms with Gasteiger partial charge in [0.2, 0.25) is 0 Å². The molecule has 1 aromatic carbocycles. The van der Waals surface area contributed by atoms with E-state index >= 15 is 0 Å². The van der Waals surface area contributed by atoms with E-state index in [4.69, 9.17) is 9.47 Å². The van der Waals surface area contributed by atoms with Crippen molar-refractivity contribution >= 4 is 45.5 Å². The minimum absolute atomic E-state index is 0.0265. The molecule has 0 aliphatic carbocycles. The summed E-state index contributed by atoms with van der Waals surface area (Å²) in [6, 6.07) is 9.66. The number of thiazole rings is 1. The molecule has 9 heteroatoms. The Morgan fingerprint density at radius 1 is 1.13 bits per heavy atom. The number of benzene rings is 1. The number of rotatable bonds is 7. The first-order valence-electron chi connectivity index (χ1n) is 9.02. The SMILES string of the molecule is COC(=O)c1c(NC(=O)COC(=O)Cc2csc(-c3ccccc3)n2)sc(C)c1C. The number of nitrogens with zero attached hydrogens (tertiary/aromatic N) is 1. The van der Waals surface area contributed by atoms with Crippen LogP contribution in [0.2, 0.25) is 0 Å². The normalized spacial score (nSPS) is 10.5. The molecule has 3 aromatic rings. The largest absolute Gasteiger partial charge is 0.465 e. The van der Waals surface area contributed by atoms with Gasteiger partial charge in [-0.05, 0) is 19.4 Å². The van der Waals surface area contributed by atoms with Gasteiger partial charge in [0.1, 0.15) is 10.0 Å². The van der Waals surface area contributed by atoms with Crippen LogP contribution in [0.15, 0.2) is 35.7 Å². The zero-order chi connectivity index (χ0) is 21.7. The van der Waals surface area contributed by atoms with E-state index in [1.54, 1.807) is 12.3 Å². The van der Waals surface area contributed by atoms with Crippen LogP contribution in [0, 0.1) is 13.8 Å². The van der Waals surface area contributed by atoms with Crippen molar-refractivity contribution < 1.29 is 23.9 Å². The van der Waals surface area contributed by atoms with E-state index < -0.39 is 24.5 Å². The van der Waals surface area contributed by atoms with Crippen LogP contribution in [0.1, 0.15) is 26.5 Å². The number of hydrogen-bond donors (Lipinski definition) is 1. The van der Waals surface area contributed by atoms with Gasteiger partial charge in [-0.2, -0.15) is 0 Å². The Morgan fingerprint density at radius 3 is 2.57 bits per heavy atom. The monoisotopic (exact) mass is 444 g/mol. The first-order chi connectivity index (χ1) is 14.4. The Hall–Kier alpha value is -3.04. The number of esters is 2. The van der Waals surface area contributed by atoms with Crippen molar-refractivity contribution in [3.63, 3.8) is 0 Å². The predicted molar refractivity (Wildman–Crippen MR) is 116 cm³/mol. The number of hydrogen-bond acceptors (Lipinski definition) is 8. The van der Waals surface area contributed by atoms with Crippen molar-refractivity contribution in [2.24, 2.45) is 0 Å². The predicted octanol–water partition coefficient (Wildman–Crippen LogP) is 4.00. The van der Waals surface area contributed by atoms with Crippen LogP contribution in [0.25, 0.3) is 10.6 Å². The molecule has 0 spiro atoms. The van der Waals surface area contributed by atoms with Gasteiger partial charge in [-0.15, -0.1) is 22.7 Å². The third kappa shape index (κ3) is 5.11. The smallest absolute Gasteiger partial charge is 0.341 e. The molecule has 0 fully saturated rings. The van der Waals surface area contributed by atoms with Crippen LogP contribution < -0.4 is 5.32 Å². The van der Waals surface area contributed by atoms with Crippen LogP contribution >= 0.6 is 22.7 Å². The first-order valence-corrected chi connectivity index (χ1v) is 10.7. The van der Waals surface area contributed by atoms with E-state index in [-0.39, 0.29) is 6.42 Å². The van der Waals surface area contributed by atoms with Crippen LogP contribution in [0.3, 0.4) is 0 Å². The van der Waals surface area contributed by atoms with Gasteiger partial charge in [0, 0.05) is 15.8 Å². The number of methoxy groups -OCH3 is 1. The van der Waals surface area contributed by atoms with Gasteiger partial charge in [0.25, 0.3) is 5.91 Å². The number of aryl methyl sites for hydroxylation is 1. The van der Waals surface area contributed by atoms with Crippen molar-refractivity contribution in [1.82, 2.24) is 4.98 Å². The van der Waals surface area contributed by atoms with E-state index in [2.05, 4.69) is 10.3 Å². The van der Waals surface area contributed by atoms with E-state index in [0.29, 0.717) is 16.3 Å². The second-order valence-corrected chi connectivity index (χ2v) is 8.46. The zero-order valence-electron chi connectivity index (χ0n) is 16.7. The molecule has 1 amide bonds. The summed E-state index contributed by atoms with van der Waals surface area (Å²) in [6.45, 7) is 3.18. The lowest BCUT2D eigenvalue weighted by atomic mass is 10.1. The quantitative estimate of drug-likeness (QED) is 0.554. The number of nitrogens with one attached hydrogen (secondary N) is 1. The summed E-state index contributed by atoms with van der Waals surface area (Å²) in [6.07, 6.45) is -0.0265. The molecule has 1 N–H and O–H groups in total.